The Bertz CT molecular complexity index is 769. The third-order valence-electron chi connectivity index (χ3n) is 4.53. The first-order valence-electron chi connectivity index (χ1n) is 8.98. The van der Waals surface area contributed by atoms with E-state index in [4.69, 9.17) is 0 Å². The highest BCUT2D eigenvalue weighted by Crippen LogP contribution is 2.34. The molecule has 0 radical (unpaired) electrons. The largest absolute Gasteiger partial charge is 0.418 e. The number of para-hydroxylation sites is 1. The highest BCUT2D eigenvalue weighted by molar-refractivity contribution is 5.91. The zero-order valence-corrected chi connectivity index (χ0v) is 14.9. The van der Waals surface area contributed by atoms with Crippen LogP contribution in [-0.2, 0) is 11.0 Å². The molecule has 0 aromatic heterocycles. The van der Waals surface area contributed by atoms with Crippen molar-refractivity contribution in [1.29, 1.82) is 0 Å². The smallest absolute Gasteiger partial charge is 0.385 e. The van der Waals surface area contributed by atoms with Crippen molar-refractivity contribution in [3.05, 3.63) is 54.1 Å². The van der Waals surface area contributed by atoms with Crippen molar-refractivity contribution >= 4 is 23.0 Å². The van der Waals surface area contributed by atoms with Gasteiger partial charge in [-0.2, -0.15) is 13.2 Å². The van der Waals surface area contributed by atoms with Crippen LogP contribution in [0.15, 0.2) is 48.5 Å². The fourth-order valence-corrected chi connectivity index (χ4v) is 3.14. The number of nitrogens with zero attached hydrogens (tertiary/aromatic N) is 1. The van der Waals surface area contributed by atoms with Gasteiger partial charge in [-0.25, -0.2) is 0 Å². The Hall–Kier alpha value is -2.70. The van der Waals surface area contributed by atoms with Gasteiger partial charge in [-0.15, -0.1) is 0 Å². The van der Waals surface area contributed by atoms with E-state index in [1.54, 1.807) is 0 Å². The topological polar surface area (TPSA) is 44.4 Å². The maximum atomic E-state index is 12.9. The highest BCUT2D eigenvalue weighted by atomic mass is 19.4. The second kappa shape index (κ2) is 8.33. The van der Waals surface area contributed by atoms with Crippen LogP contribution < -0.4 is 15.5 Å². The predicted octanol–water partition coefficient (Wildman–Crippen LogP) is 4.75. The number of hydrogen-bond donors (Lipinski definition) is 2. The van der Waals surface area contributed by atoms with Crippen molar-refractivity contribution in [1.82, 2.24) is 0 Å². The molecule has 0 aliphatic carbocycles. The van der Waals surface area contributed by atoms with E-state index in [1.165, 1.54) is 36.7 Å². The summed E-state index contributed by atoms with van der Waals surface area (Å²) in [6.45, 7) is 2.49. The van der Waals surface area contributed by atoms with Crippen LogP contribution in [0.1, 0.15) is 24.8 Å². The summed E-state index contributed by atoms with van der Waals surface area (Å²) in [5.74, 6) is -0.465. The van der Waals surface area contributed by atoms with Crippen LogP contribution in [-0.4, -0.2) is 25.5 Å². The van der Waals surface area contributed by atoms with E-state index >= 15 is 0 Å². The first kappa shape index (κ1) is 19.1. The van der Waals surface area contributed by atoms with E-state index in [9.17, 15) is 18.0 Å². The molecule has 3 rings (SSSR count). The standard InChI is InChI=1S/C20H22F3N3O/c21-20(22,23)17-5-1-2-6-18(17)25-19(27)11-12-24-15-7-9-16(10-8-15)26-13-3-4-14-26/h1-2,5-10,24H,3-4,11-14H2,(H,25,27). The van der Waals surface area contributed by atoms with Crippen molar-refractivity contribution in [3.8, 4) is 0 Å². The minimum absolute atomic E-state index is 0.0695. The highest BCUT2D eigenvalue weighted by Gasteiger charge is 2.33. The molecule has 2 aromatic carbocycles. The molecule has 1 aliphatic heterocycles. The Morgan fingerprint density at radius 3 is 2.33 bits per heavy atom. The molecule has 4 nitrogen and oxygen atoms in total. The Morgan fingerprint density at radius 1 is 1.00 bits per heavy atom. The Labute approximate surface area is 156 Å². The maximum absolute atomic E-state index is 12.9. The minimum atomic E-state index is -4.50. The number of carbonyl (C=O) groups excluding carboxylic acids is 1. The SMILES string of the molecule is O=C(CCNc1ccc(N2CCCC2)cc1)Nc1ccccc1C(F)(F)F. The molecule has 2 N–H and O–H groups in total. The van der Waals surface area contributed by atoms with E-state index in [0.29, 0.717) is 6.54 Å². The molecule has 1 fully saturated rings. The van der Waals surface area contributed by atoms with Gasteiger partial charge < -0.3 is 15.5 Å². The van der Waals surface area contributed by atoms with Crippen LogP contribution in [0.2, 0.25) is 0 Å². The van der Waals surface area contributed by atoms with Gasteiger partial charge in [-0.05, 0) is 49.2 Å². The second-order valence-corrected chi connectivity index (χ2v) is 6.51. The van der Waals surface area contributed by atoms with Crippen molar-refractivity contribution in [2.45, 2.75) is 25.4 Å². The van der Waals surface area contributed by atoms with Gasteiger partial charge >= 0.3 is 6.18 Å². The monoisotopic (exact) mass is 377 g/mol. The zero-order chi connectivity index (χ0) is 19.3. The molecule has 144 valence electrons. The number of benzene rings is 2. The molecule has 1 aliphatic rings. The van der Waals surface area contributed by atoms with Gasteiger partial charge in [-0.3, -0.25) is 4.79 Å². The normalized spacial score (nSPS) is 14.3. The van der Waals surface area contributed by atoms with E-state index in [0.717, 1.165) is 24.8 Å². The molecule has 2 aromatic rings. The molecule has 0 bridgehead atoms. The lowest BCUT2D eigenvalue weighted by atomic mass is 10.1. The van der Waals surface area contributed by atoms with Crippen molar-refractivity contribution < 1.29 is 18.0 Å². The number of rotatable bonds is 6. The molecule has 1 amide bonds. The summed E-state index contributed by atoms with van der Waals surface area (Å²) in [5.41, 5.74) is 0.995. The van der Waals surface area contributed by atoms with Gasteiger partial charge in [0.1, 0.15) is 0 Å². The molecule has 0 unspecified atom stereocenters. The summed E-state index contributed by atoms with van der Waals surface area (Å²) in [5, 5.41) is 5.47. The average molecular weight is 377 g/mol. The van der Waals surface area contributed by atoms with Gasteiger partial charge in [0, 0.05) is 37.4 Å². The Morgan fingerprint density at radius 2 is 1.67 bits per heavy atom. The zero-order valence-electron chi connectivity index (χ0n) is 14.9. The average Bonchev–Trinajstić information content (AvgIpc) is 3.16. The molecule has 0 atom stereocenters. The first-order valence-corrected chi connectivity index (χ1v) is 8.98. The molecular formula is C20H22F3N3O. The summed E-state index contributed by atoms with van der Waals surface area (Å²) < 4.78 is 38.8. The van der Waals surface area contributed by atoms with Gasteiger partial charge in [-0.1, -0.05) is 12.1 Å². The first-order chi connectivity index (χ1) is 12.9. The second-order valence-electron chi connectivity index (χ2n) is 6.51. The molecule has 1 saturated heterocycles. The number of hydrogen-bond acceptors (Lipinski definition) is 3. The lowest BCUT2D eigenvalue weighted by Crippen LogP contribution is -2.19. The summed E-state index contributed by atoms with van der Waals surface area (Å²) in [7, 11) is 0. The van der Waals surface area contributed by atoms with Crippen molar-refractivity contribution in [2.24, 2.45) is 0 Å². The fourth-order valence-electron chi connectivity index (χ4n) is 3.14. The molecule has 7 heteroatoms. The molecule has 0 spiro atoms. The van der Waals surface area contributed by atoms with Crippen LogP contribution >= 0.6 is 0 Å². The van der Waals surface area contributed by atoms with E-state index < -0.39 is 17.6 Å². The lowest BCUT2D eigenvalue weighted by molar-refractivity contribution is -0.137. The lowest BCUT2D eigenvalue weighted by Gasteiger charge is -2.18. The number of halogens is 3. The third kappa shape index (κ3) is 5.15. The van der Waals surface area contributed by atoms with Crippen LogP contribution in [0, 0.1) is 0 Å². The number of anilines is 3. The summed E-state index contributed by atoms with van der Waals surface area (Å²) in [6, 6.07) is 12.9. The number of alkyl halides is 3. The van der Waals surface area contributed by atoms with Gasteiger partial charge in [0.05, 0.1) is 11.3 Å². The van der Waals surface area contributed by atoms with Gasteiger partial charge in [0.2, 0.25) is 5.91 Å². The van der Waals surface area contributed by atoms with Gasteiger partial charge in [0.25, 0.3) is 0 Å². The van der Waals surface area contributed by atoms with Crippen LogP contribution in [0.3, 0.4) is 0 Å². The summed E-state index contributed by atoms with van der Waals surface area (Å²) in [4.78, 5) is 14.3. The molecular weight excluding hydrogens is 355 g/mol. The van der Waals surface area contributed by atoms with Crippen LogP contribution in [0.4, 0.5) is 30.2 Å². The van der Waals surface area contributed by atoms with Gasteiger partial charge in [0.15, 0.2) is 0 Å². The number of amides is 1. The van der Waals surface area contributed by atoms with E-state index in [1.807, 2.05) is 24.3 Å². The number of carbonyl (C=O) groups is 1. The summed E-state index contributed by atoms with van der Waals surface area (Å²) in [6.07, 6.45) is -2.00. The quantitative estimate of drug-likeness (QED) is 0.764. The van der Waals surface area contributed by atoms with Crippen LogP contribution in [0.5, 0.6) is 0 Å². The van der Waals surface area contributed by atoms with Crippen LogP contribution in [0.25, 0.3) is 0 Å². The molecule has 1 heterocycles. The minimum Gasteiger partial charge on any atom is -0.385 e. The Kier molecular flexibility index (Phi) is 5.88. The van der Waals surface area contributed by atoms with E-state index in [-0.39, 0.29) is 12.1 Å². The third-order valence-corrected chi connectivity index (χ3v) is 4.53. The number of nitrogens with one attached hydrogen (secondary N) is 2. The molecule has 27 heavy (non-hydrogen) atoms. The Balaban J connectivity index is 1.49. The van der Waals surface area contributed by atoms with Crippen molar-refractivity contribution in [3.63, 3.8) is 0 Å². The summed E-state index contributed by atoms with van der Waals surface area (Å²) >= 11 is 0. The maximum Gasteiger partial charge on any atom is 0.418 e. The van der Waals surface area contributed by atoms with E-state index in [2.05, 4.69) is 15.5 Å². The fraction of sp³-hybridized carbons (Fsp3) is 0.350. The van der Waals surface area contributed by atoms with Crippen molar-refractivity contribution in [2.75, 3.05) is 35.2 Å². The predicted molar refractivity (Wildman–Crippen MR) is 101 cm³/mol. The molecule has 0 saturated carbocycles.